The fourth-order valence-corrected chi connectivity index (χ4v) is 2.16. The maximum atomic E-state index is 12.9. The van der Waals surface area contributed by atoms with E-state index < -0.39 is 6.67 Å². The minimum Gasteiger partial charge on any atom is -0.275 e. The second-order valence-corrected chi connectivity index (χ2v) is 4.58. The average molecular weight is 277 g/mol. The maximum absolute atomic E-state index is 12.9. The lowest BCUT2D eigenvalue weighted by Crippen LogP contribution is -1.89. The largest absolute Gasteiger partial charge is 0.275 e. The Kier molecular flexibility index (Phi) is 2.91. The van der Waals surface area contributed by atoms with Crippen LogP contribution in [0.2, 0.25) is 5.15 Å². The molecule has 0 saturated heterocycles. The van der Waals surface area contributed by atoms with Crippen LogP contribution >= 0.6 is 11.6 Å². The zero-order chi connectivity index (χ0) is 13.4. The van der Waals surface area contributed by atoms with Gasteiger partial charge >= 0.3 is 0 Å². The molecule has 0 aliphatic heterocycles. The Hall–Kier alpha value is -2.01. The molecule has 0 fully saturated rings. The number of nitrogens with zero attached hydrogens (tertiary/aromatic N) is 4. The summed E-state index contributed by atoms with van der Waals surface area (Å²) in [6, 6.07) is 5.33. The molecular weight excluding hydrogens is 267 g/mol. The van der Waals surface area contributed by atoms with Crippen LogP contribution in [0.4, 0.5) is 4.39 Å². The molecule has 3 heterocycles. The second kappa shape index (κ2) is 4.59. The van der Waals surface area contributed by atoms with Gasteiger partial charge in [0.1, 0.15) is 17.5 Å². The Labute approximate surface area is 113 Å². The third-order valence-electron chi connectivity index (χ3n) is 2.85. The van der Waals surface area contributed by atoms with Gasteiger partial charge in [-0.3, -0.25) is 9.67 Å². The zero-order valence-electron chi connectivity index (χ0n) is 10.1. The highest BCUT2D eigenvalue weighted by molar-refractivity contribution is 6.29. The van der Waals surface area contributed by atoms with Crippen LogP contribution in [0.25, 0.3) is 22.2 Å². The molecular formula is C13H10ClFN4. The summed E-state index contributed by atoms with van der Waals surface area (Å²) in [6.07, 6.45) is 3.45. The van der Waals surface area contributed by atoms with Crippen molar-refractivity contribution in [3.8, 4) is 11.1 Å². The first-order chi connectivity index (χ1) is 9.17. The molecule has 0 atom stereocenters. The van der Waals surface area contributed by atoms with E-state index in [1.54, 1.807) is 36.3 Å². The fourth-order valence-electron chi connectivity index (χ4n) is 2.00. The van der Waals surface area contributed by atoms with E-state index >= 15 is 0 Å². The minimum absolute atomic E-state index is 0.394. The van der Waals surface area contributed by atoms with Crippen molar-refractivity contribution in [1.82, 2.24) is 19.7 Å². The lowest BCUT2D eigenvalue weighted by molar-refractivity contribution is 0.472. The Morgan fingerprint density at radius 2 is 2.16 bits per heavy atom. The quantitative estimate of drug-likeness (QED) is 0.675. The molecule has 0 saturated carbocycles. The normalized spacial score (nSPS) is 11.1. The third-order valence-corrected chi connectivity index (χ3v) is 3.06. The molecule has 6 heteroatoms. The molecule has 3 rings (SSSR count). The van der Waals surface area contributed by atoms with Gasteiger partial charge in [-0.25, -0.2) is 9.37 Å². The molecule has 0 amide bonds. The van der Waals surface area contributed by atoms with Crippen LogP contribution < -0.4 is 0 Å². The number of aryl methyl sites for hydroxylation is 1. The lowest BCUT2D eigenvalue weighted by atomic mass is 10.1. The van der Waals surface area contributed by atoms with Crippen molar-refractivity contribution in [2.75, 3.05) is 0 Å². The van der Waals surface area contributed by atoms with Crippen molar-refractivity contribution in [3.63, 3.8) is 0 Å². The van der Waals surface area contributed by atoms with Crippen molar-refractivity contribution in [1.29, 1.82) is 0 Å². The molecule has 0 spiro atoms. The summed E-state index contributed by atoms with van der Waals surface area (Å²) in [5.74, 6) is 0. The summed E-state index contributed by atoms with van der Waals surface area (Å²) in [4.78, 5) is 8.51. The van der Waals surface area contributed by atoms with Crippen LogP contribution in [0, 0.1) is 0 Å². The summed E-state index contributed by atoms with van der Waals surface area (Å²) >= 11 is 5.86. The molecule has 0 unspecified atom stereocenters. The standard InChI is InChI=1S/C13H10ClFN4/c1-19-7-9(12(5-15)18-19)8-4-11-10(16-6-8)2-3-13(14)17-11/h2-4,6-7H,5H2,1H3. The first-order valence-corrected chi connectivity index (χ1v) is 6.06. The molecule has 4 nitrogen and oxygen atoms in total. The van der Waals surface area contributed by atoms with Gasteiger partial charge in [-0.05, 0) is 18.2 Å². The zero-order valence-corrected chi connectivity index (χ0v) is 10.9. The second-order valence-electron chi connectivity index (χ2n) is 4.19. The van der Waals surface area contributed by atoms with Crippen LogP contribution in [0.5, 0.6) is 0 Å². The number of fused-ring (bicyclic) bond motifs is 1. The van der Waals surface area contributed by atoms with E-state index in [4.69, 9.17) is 11.6 Å². The number of pyridine rings is 2. The Morgan fingerprint density at radius 3 is 2.95 bits per heavy atom. The van der Waals surface area contributed by atoms with Gasteiger partial charge in [0.2, 0.25) is 0 Å². The van der Waals surface area contributed by atoms with Gasteiger partial charge in [0.15, 0.2) is 0 Å². The number of rotatable bonds is 2. The van der Waals surface area contributed by atoms with Crippen LogP contribution in [0.15, 0.2) is 30.6 Å². The van der Waals surface area contributed by atoms with E-state index in [-0.39, 0.29) is 0 Å². The van der Waals surface area contributed by atoms with Gasteiger partial charge < -0.3 is 0 Å². The number of alkyl halides is 1. The summed E-state index contributed by atoms with van der Waals surface area (Å²) in [6.45, 7) is -0.614. The topological polar surface area (TPSA) is 43.6 Å². The van der Waals surface area contributed by atoms with Gasteiger partial charge in [0, 0.05) is 30.6 Å². The van der Waals surface area contributed by atoms with Gasteiger partial charge in [-0.1, -0.05) is 11.6 Å². The van der Waals surface area contributed by atoms with Crippen molar-refractivity contribution in [2.24, 2.45) is 7.05 Å². The molecule has 3 aromatic rings. The van der Waals surface area contributed by atoms with Crippen molar-refractivity contribution in [2.45, 2.75) is 6.67 Å². The highest BCUT2D eigenvalue weighted by atomic mass is 35.5. The van der Waals surface area contributed by atoms with Crippen molar-refractivity contribution < 1.29 is 4.39 Å². The number of hydrogen-bond donors (Lipinski definition) is 0. The predicted octanol–water partition coefficient (Wildman–Crippen LogP) is 3.15. The molecule has 0 aliphatic rings. The molecule has 0 radical (unpaired) electrons. The molecule has 19 heavy (non-hydrogen) atoms. The highest BCUT2D eigenvalue weighted by Gasteiger charge is 2.11. The van der Waals surface area contributed by atoms with E-state index in [9.17, 15) is 4.39 Å². The minimum atomic E-state index is -0.614. The SMILES string of the molecule is Cn1cc(-c2cnc3ccc(Cl)nc3c2)c(CF)n1. The van der Waals surface area contributed by atoms with Gasteiger partial charge in [-0.15, -0.1) is 0 Å². The van der Waals surface area contributed by atoms with Gasteiger partial charge in [0.25, 0.3) is 0 Å². The average Bonchev–Trinajstić information content (AvgIpc) is 2.79. The molecule has 0 aliphatic carbocycles. The number of halogens is 2. The molecule has 0 N–H and O–H groups in total. The van der Waals surface area contributed by atoms with Crippen LogP contribution in [0.3, 0.4) is 0 Å². The lowest BCUT2D eigenvalue weighted by Gasteiger charge is -2.02. The smallest absolute Gasteiger partial charge is 0.134 e. The van der Waals surface area contributed by atoms with E-state index in [1.807, 2.05) is 6.07 Å². The van der Waals surface area contributed by atoms with E-state index in [2.05, 4.69) is 15.1 Å². The number of aromatic nitrogens is 4. The van der Waals surface area contributed by atoms with Crippen LogP contribution in [-0.4, -0.2) is 19.7 Å². The predicted molar refractivity (Wildman–Crippen MR) is 71.6 cm³/mol. The van der Waals surface area contributed by atoms with Gasteiger partial charge in [-0.2, -0.15) is 5.10 Å². The maximum Gasteiger partial charge on any atom is 0.134 e. The summed E-state index contributed by atoms with van der Waals surface area (Å²) in [5, 5.41) is 4.48. The molecule has 0 bridgehead atoms. The summed E-state index contributed by atoms with van der Waals surface area (Å²) in [7, 11) is 1.76. The Balaban J connectivity index is 2.19. The third kappa shape index (κ3) is 2.17. The molecule has 96 valence electrons. The summed E-state index contributed by atoms with van der Waals surface area (Å²) < 4.78 is 14.5. The molecule has 3 aromatic heterocycles. The first-order valence-electron chi connectivity index (χ1n) is 5.68. The van der Waals surface area contributed by atoms with Gasteiger partial charge in [0.05, 0.1) is 11.0 Å². The molecule has 0 aromatic carbocycles. The van der Waals surface area contributed by atoms with E-state index in [0.717, 1.165) is 16.6 Å². The number of hydrogen-bond acceptors (Lipinski definition) is 3. The highest BCUT2D eigenvalue weighted by Crippen LogP contribution is 2.25. The monoisotopic (exact) mass is 276 g/mol. The van der Waals surface area contributed by atoms with E-state index in [1.165, 1.54) is 0 Å². The Morgan fingerprint density at radius 1 is 1.32 bits per heavy atom. The fraction of sp³-hybridized carbons (Fsp3) is 0.154. The van der Waals surface area contributed by atoms with E-state index in [0.29, 0.717) is 16.4 Å². The van der Waals surface area contributed by atoms with Crippen LogP contribution in [0.1, 0.15) is 5.69 Å². The Bertz CT molecular complexity index is 753. The van der Waals surface area contributed by atoms with Crippen molar-refractivity contribution in [3.05, 3.63) is 41.4 Å². The first kappa shape index (κ1) is 12.0. The van der Waals surface area contributed by atoms with Crippen LogP contribution in [-0.2, 0) is 13.7 Å². The van der Waals surface area contributed by atoms with Crippen molar-refractivity contribution >= 4 is 22.6 Å². The summed E-state index contributed by atoms with van der Waals surface area (Å²) in [5.41, 5.74) is 3.33.